The van der Waals surface area contributed by atoms with E-state index in [4.69, 9.17) is 4.74 Å². The third-order valence-corrected chi connectivity index (χ3v) is 3.20. The Morgan fingerprint density at radius 3 is 2.82 bits per heavy atom. The van der Waals surface area contributed by atoms with Gasteiger partial charge in [-0.05, 0) is 32.6 Å². The number of carbonyl (C=O) groups is 1. The van der Waals surface area contributed by atoms with Crippen molar-refractivity contribution in [3.63, 3.8) is 0 Å². The van der Waals surface area contributed by atoms with Crippen LogP contribution < -0.4 is 5.43 Å². The number of aryl methyl sites for hydroxylation is 1. The molecule has 1 aliphatic rings. The van der Waals surface area contributed by atoms with Crippen LogP contribution in [0.3, 0.4) is 0 Å². The van der Waals surface area contributed by atoms with E-state index < -0.39 is 5.97 Å². The van der Waals surface area contributed by atoms with Crippen LogP contribution in [0.2, 0.25) is 0 Å². The first-order chi connectivity index (χ1) is 8.15. The number of hydrogen-bond donors (Lipinski definition) is 0. The SMILES string of the molecule is CCOC(=O)c1cn(C)c2c(c1=O)CCCC2. The van der Waals surface area contributed by atoms with E-state index in [1.807, 2.05) is 11.6 Å². The topological polar surface area (TPSA) is 48.3 Å². The van der Waals surface area contributed by atoms with Crippen LogP contribution in [-0.2, 0) is 24.6 Å². The van der Waals surface area contributed by atoms with Gasteiger partial charge in [-0.15, -0.1) is 0 Å². The lowest BCUT2D eigenvalue weighted by Gasteiger charge is -2.19. The van der Waals surface area contributed by atoms with Gasteiger partial charge in [0.05, 0.1) is 6.61 Å². The molecule has 1 aliphatic carbocycles. The van der Waals surface area contributed by atoms with E-state index in [0.717, 1.165) is 36.9 Å². The standard InChI is InChI=1S/C13H17NO3/c1-3-17-13(16)10-8-14(2)11-7-5-4-6-9(11)12(10)15/h8H,3-7H2,1-2H3. The van der Waals surface area contributed by atoms with Crippen molar-refractivity contribution < 1.29 is 9.53 Å². The van der Waals surface area contributed by atoms with Crippen LogP contribution in [0, 0.1) is 0 Å². The molecular weight excluding hydrogens is 218 g/mol. The second-order valence-electron chi connectivity index (χ2n) is 4.34. The third-order valence-electron chi connectivity index (χ3n) is 3.20. The molecule has 17 heavy (non-hydrogen) atoms. The molecule has 0 amide bonds. The number of fused-ring (bicyclic) bond motifs is 1. The molecule has 0 spiro atoms. The summed E-state index contributed by atoms with van der Waals surface area (Å²) in [6.45, 7) is 2.03. The van der Waals surface area contributed by atoms with Crippen molar-refractivity contribution in [3.05, 3.63) is 33.2 Å². The molecule has 0 bridgehead atoms. The summed E-state index contributed by atoms with van der Waals surface area (Å²) in [7, 11) is 1.88. The van der Waals surface area contributed by atoms with Gasteiger partial charge in [0.1, 0.15) is 5.56 Å². The maximum absolute atomic E-state index is 12.2. The van der Waals surface area contributed by atoms with Crippen LogP contribution in [0.25, 0.3) is 0 Å². The van der Waals surface area contributed by atoms with Crippen molar-refractivity contribution in [2.24, 2.45) is 7.05 Å². The normalized spacial score (nSPS) is 14.2. The monoisotopic (exact) mass is 235 g/mol. The lowest BCUT2D eigenvalue weighted by Crippen LogP contribution is -2.27. The summed E-state index contributed by atoms with van der Waals surface area (Å²) in [5.41, 5.74) is 1.88. The molecule has 0 aromatic carbocycles. The van der Waals surface area contributed by atoms with Crippen LogP contribution in [0.4, 0.5) is 0 Å². The predicted molar refractivity (Wildman–Crippen MR) is 64.3 cm³/mol. The Bertz CT molecular complexity index is 502. The largest absolute Gasteiger partial charge is 0.462 e. The molecule has 0 saturated carbocycles. The van der Waals surface area contributed by atoms with Gasteiger partial charge in [0.25, 0.3) is 0 Å². The average Bonchev–Trinajstić information content (AvgIpc) is 2.34. The Balaban J connectivity index is 2.52. The zero-order chi connectivity index (χ0) is 12.4. The number of esters is 1. The van der Waals surface area contributed by atoms with E-state index in [0.29, 0.717) is 6.61 Å². The maximum Gasteiger partial charge on any atom is 0.343 e. The fourth-order valence-electron chi connectivity index (χ4n) is 2.37. The lowest BCUT2D eigenvalue weighted by atomic mass is 9.94. The van der Waals surface area contributed by atoms with Crippen molar-refractivity contribution in [3.8, 4) is 0 Å². The number of nitrogens with zero attached hydrogens (tertiary/aromatic N) is 1. The van der Waals surface area contributed by atoms with Crippen molar-refractivity contribution in [1.29, 1.82) is 0 Å². The predicted octanol–water partition coefficient (Wildman–Crippen LogP) is 1.44. The molecule has 0 unspecified atom stereocenters. The minimum atomic E-state index is -0.513. The number of carbonyl (C=O) groups excluding carboxylic acids is 1. The third kappa shape index (κ3) is 2.12. The molecule has 1 aromatic rings. The molecule has 0 N–H and O–H groups in total. The van der Waals surface area contributed by atoms with Gasteiger partial charge in [-0.25, -0.2) is 4.79 Å². The molecular formula is C13H17NO3. The summed E-state index contributed by atoms with van der Waals surface area (Å²) >= 11 is 0. The lowest BCUT2D eigenvalue weighted by molar-refractivity contribution is 0.0523. The summed E-state index contributed by atoms with van der Waals surface area (Å²) in [6.07, 6.45) is 5.43. The molecule has 2 rings (SSSR count). The smallest absolute Gasteiger partial charge is 0.343 e. The number of ether oxygens (including phenoxy) is 1. The molecule has 0 atom stereocenters. The number of aromatic nitrogens is 1. The van der Waals surface area contributed by atoms with E-state index >= 15 is 0 Å². The van der Waals surface area contributed by atoms with Gasteiger partial charge in [-0.2, -0.15) is 0 Å². The molecule has 1 aromatic heterocycles. The number of rotatable bonds is 2. The van der Waals surface area contributed by atoms with Crippen LogP contribution >= 0.6 is 0 Å². The molecule has 0 aliphatic heterocycles. The summed E-state index contributed by atoms with van der Waals surface area (Å²) < 4.78 is 6.79. The molecule has 0 fully saturated rings. The van der Waals surface area contributed by atoms with Crippen molar-refractivity contribution in [2.75, 3.05) is 6.61 Å². The van der Waals surface area contributed by atoms with Gasteiger partial charge >= 0.3 is 5.97 Å². The average molecular weight is 235 g/mol. The van der Waals surface area contributed by atoms with Gasteiger partial charge in [-0.3, -0.25) is 4.79 Å². The summed E-state index contributed by atoms with van der Waals surface area (Å²) in [6, 6.07) is 0. The highest BCUT2D eigenvalue weighted by atomic mass is 16.5. The van der Waals surface area contributed by atoms with Crippen LogP contribution in [-0.4, -0.2) is 17.1 Å². The Morgan fingerprint density at radius 1 is 1.41 bits per heavy atom. The Labute approximate surface area is 100 Å². The molecule has 0 radical (unpaired) electrons. The second-order valence-corrected chi connectivity index (χ2v) is 4.34. The van der Waals surface area contributed by atoms with Gasteiger partial charge in [0.2, 0.25) is 0 Å². The van der Waals surface area contributed by atoms with E-state index in [1.54, 1.807) is 13.1 Å². The molecule has 0 saturated heterocycles. The quantitative estimate of drug-likeness (QED) is 0.729. The van der Waals surface area contributed by atoms with E-state index in [2.05, 4.69) is 0 Å². The second kappa shape index (κ2) is 4.73. The Morgan fingerprint density at radius 2 is 2.12 bits per heavy atom. The van der Waals surface area contributed by atoms with Gasteiger partial charge in [-0.1, -0.05) is 0 Å². The molecule has 4 heteroatoms. The number of hydrogen-bond acceptors (Lipinski definition) is 3. The number of pyridine rings is 1. The highest BCUT2D eigenvalue weighted by Gasteiger charge is 2.21. The highest BCUT2D eigenvalue weighted by Crippen LogP contribution is 2.18. The Hall–Kier alpha value is -1.58. The van der Waals surface area contributed by atoms with Crippen molar-refractivity contribution in [2.45, 2.75) is 32.6 Å². The van der Waals surface area contributed by atoms with Gasteiger partial charge < -0.3 is 9.30 Å². The molecule has 4 nitrogen and oxygen atoms in total. The zero-order valence-electron chi connectivity index (χ0n) is 10.3. The first-order valence-electron chi connectivity index (χ1n) is 6.03. The first-order valence-corrected chi connectivity index (χ1v) is 6.03. The first kappa shape index (κ1) is 11.9. The Kier molecular flexibility index (Phi) is 3.31. The van der Waals surface area contributed by atoms with Crippen molar-refractivity contribution in [1.82, 2.24) is 4.57 Å². The zero-order valence-corrected chi connectivity index (χ0v) is 10.3. The van der Waals surface area contributed by atoms with E-state index in [9.17, 15) is 9.59 Å². The van der Waals surface area contributed by atoms with Crippen LogP contribution in [0.1, 0.15) is 41.4 Å². The summed E-state index contributed by atoms with van der Waals surface area (Å²) in [4.78, 5) is 23.8. The fourth-order valence-corrected chi connectivity index (χ4v) is 2.37. The van der Waals surface area contributed by atoms with Gasteiger partial charge in [0, 0.05) is 24.5 Å². The minimum absolute atomic E-state index is 0.142. The minimum Gasteiger partial charge on any atom is -0.462 e. The van der Waals surface area contributed by atoms with Crippen LogP contribution in [0.5, 0.6) is 0 Å². The van der Waals surface area contributed by atoms with E-state index in [1.165, 1.54) is 0 Å². The maximum atomic E-state index is 12.2. The summed E-state index contributed by atoms with van der Waals surface area (Å²) in [5.74, 6) is -0.513. The van der Waals surface area contributed by atoms with E-state index in [-0.39, 0.29) is 11.0 Å². The van der Waals surface area contributed by atoms with Crippen LogP contribution in [0.15, 0.2) is 11.0 Å². The fraction of sp³-hybridized carbons (Fsp3) is 0.538. The highest BCUT2D eigenvalue weighted by molar-refractivity contribution is 5.89. The molecule has 92 valence electrons. The summed E-state index contributed by atoms with van der Waals surface area (Å²) in [5, 5.41) is 0. The van der Waals surface area contributed by atoms with Gasteiger partial charge in [0.15, 0.2) is 5.43 Å². The van der Waals surface area contributed by atoms with Crippen molar-refractivity contribution >= 4 is 5.97 Å². The molecule has 1 heterocycles.